The lowest BCUT2D eigenvalue weighted by Gasteiger charge is -2.29. The van der Waals surface area contributed by atoms with Crippen molar-refractivity contribution in [1.29, 1.82) is 0 Å². The van der Waals surface area contributed by atoms with Gasteiger partial charge in [-0.2, -0.15) is 0 Å². The van der Waals surface area contributed by atoms with Gasteiger partial charge in [-0.25, -0.2) is 14.4 Å². The molecule has 0 saturated carbocycles. The highest BCUT2D eigenvalue weighted by atomic mass is 16.6. The average molecular weight is 532 g/mol. The molecule has 1 unspecified atom stereocenters. The Hall–Kier alpha value is -2.69. The molecule has 0 aliphatic rings. The van der Waals surface area contributed by atoms with Crippen LogP contribution in [0.15, 0.2) is 12.8 Å². The number of amides is 3. The van der Waals surface area contributed by atoms with Gasteiger partial charge in [-0.15, -0.1) is 0 Å². The summed E-state index contributed by atoms with van der Waals surface area (Å²) in [6.45, 7) is 9.47. The Morgan fingerprint density at radius 3 is 1.68 bits per heavy atom. The lowest BCUT2D eigenvalue weighted by Crippen LogP contribution is -2.40. The van der Waals surface area contributed by atoms with Crippen molar-refractivity contribution in [2.45, 2.75) is 78.1 Å². The zero-order chi connectivity index (χ0) is 27.6. The van der Waals surface area contributed by atoms with E-state index in [1.54, 1.807) is 0 Å². The van der Waals surface area contributed by atoms with Crippen LogP contribution in [0, 0.1) is 5.41 Å². The van der Waals surface area contributed by atoms with E-state index < -0.39 is 23.7 Å². The van der Waals surface area contributed by atoms with Crippen LogP contribution < -0.4 is 16.0 Å². The molecule has 0 heterocycles. The van der Waals surface area contributed by atoms with Gasteiger partial charge in [-0.1, -0.05) is 46.1 Å². The topological polar surface area (TPSA) is 144 Å². The molecule has 4 N–H and O–H groups in total. The van der Waals surface area contributed by atoms with Gasteiger partial charge in [0.15, 0.2) is 0 Å². The van der Waals surface area contributed by atoms with Crippen molar-refractivity contribution >= 4 is 18.3 Å². The summed E-state index contributed by atoms with van der Waals surface area (Å²) in [5, 5.41) is 17.9. The number of nitrogens with one attached hydrogen (secondary N) is 3. The van der Waals surface area contributed by atoms with Gasteiger partial charge in [0, 0.05) is 19.6 Å². The summed E-state index contributed by atoms with van der Waals surface area (Å²) in [5.74, 6) is 0. The Labute approximate surface area is 222 Å². The summed E-state index contributed by atoms with van der Waals surface area (Å²) in [6, 6.07) is 0. The minimum absolute atomic E-state index is 0.0425. The second kappa shape index (κ2) is 23.7. The number of aliphatic hydroxyl groups is 1. The molecule has 11 heteroatoms. The van der Waals surface area contributed by atoms with Gasteiger partial charge < -0.3 is 40.0 Å². The number of carbonyl (C=O) groups is 3. The molecule has 0 aliphatic carbocycles. The molecule has 0 aromatic carbocycles. The molecule has 11 nitrogen and oxygen atoms in total. The first kappa shape index (κ1) is 34.3. The number of hydrogen-bond donors (Lipinski definition) is 4. The smallest absolute Gasteiger partial charge is 0.407 e. The molecular formula is C26H49N3O8. The first-order valence-corrected chi connectivity index (χ1v) is 13.5. The molecular weight excluding hydrogens is 482 g/mol. The third-order valence-electron chi connectivity index (χ3n) is 5.80. The summed E-state index contributed by atoms with van der Waals surface area (Å²) in [4.78, 5) is 35.4. The number of rotatable bonds is 23. The highest BCUT2D eigenvalue weighted by Gasteiger charge is 2.31. The predicted octanol–water partition coefficient (Wildman–Crippen LogP) is 4.24. The van der Waals surface area contributed by atoms with Crippen LogP contribution >= 0.6 is 0 Å². The number of aliphatic hydroxyl groups excluding tert-OH is 1. The van der Waals surface area contributed by atoms with E-state index in [9.17, 15) is 19.5 Å². The Balaban J connectivity index is 3.85. The van der Waals surface area contributed by atoms with E-state index in [1.165, 1.54) is 6.26 Å². The van der Waals surface area contributed by atoms with Crippen LogP contribution in [0.4, 0.5) is 14.4 Å². The van der Waals surface area contributed by atoms with Crippen molar-refractivity contribution in [3.8, 4) is 0 Å². The normalized spacial score (nSPS) is 12.1. The molecule has 1 atom stereocenters. The molecule has 3 amide bonds. The first-order valence-electron chi connectivity index (χ1n) is 13.5. The monoisotopic (exact) mass is 531 g/mol. The van der Waals surface area contributed by atoms with Crippen LogP contribution in [0.1, 0.15) is 78.1 Å². The van der Waals surface area contributed by atoms with Gasteiger partial charge in [-0.3, -0.25) is 0 Å². The lowest BCUT2D eigenvalue weighted by atomic mass is 9.88. The SMILES string of the molecule is C=COCCCCOC(=O)NCCCCCCNC(=O)OCC(CC)(CO)COC(=O)NCCCCC. The van der Waals surface area contributed by atoms with Crippen molar-refractivity contribution in [2.75, 3.05) is 52.7 Å². The van der Waals surface area contributed by atoms with E-state index >= 15 is 0 Å². The Morgan fingerprint density at radius 1 is 0.730 bits per heavy atom. The van der Waals surface area contributed by atoms with E-state index in [0.717, 1.165) is 57.8 Å². The van der Waals surface area contributed by atoms with Gasteiger partial charge in [0.2, 0.25) is 0 Å². The van der Waals surface area contributed by atoms with Crippen molar-refractivity contribution in [1.82, 2.24) is 16.0 Å². The number of hydrogen-bond acceptors (Lipinski definition) is 8. The van der Waals surface area contributed by atoms with Gasteiger partial charge in [0.25, 0.3) is 0 Å². The highest BCUT2D eigenvalue weighted by molar-refractivity contribution is 5.67. The summed E-state index contributed by atoms with van der Waals surface area (Å²) in [5.41, 5.74) is -0.841. The zero-order valence-electron chi connectivity index (χ0n) is 22.8. The third kappa shape index (κ3) is 20.1. The fourth-order valence-electron chi connectivity index (χ4n) is 3.12. The van der Waals surface area contributed by atoms with Crippen LogP contribution in [0.25, 0.3) is 0 Å². The van der Waals surface area contributed by atoms with Gasteiger partial charge in [0.05, 0.1) is 31.5 Å². The zero-order valence-corrected chi connectivity index (χ0v) is 22.8. The standard InChI is InChI=1S/C26H49N3O8/c1-4-7-10-15-28-24(32)36-21-26(5-2,20-30)22-37-25(33)29-17-12-9-8-11-16-27-23(31)35-19-14-13-18-34-6-3/h6,30H,3-5,7-22H2,1-2H3,(H,27,31)(H,28,32)(H,29,33). The van der Waals surface area contributed by atoms with Crippen molar-refractivity contribution in [3.05, 3.63) is 12.8 Å². The third-order valence-corrected chi connectivity index (χ3v) is 5.80. The fraction of sp³-hybridized carbons (Fsp3) is 0.808. The molecule has 0 aromatic heterocycles. The Morgan fingerprint density at radius 2 is 1.22 bits per heavy atom. The molecule has 0 aliphatic heterocycles. The molecule has 0 spiro atoms. The van der Waals surface area contributed by atoms with Crippen LogP contribution in [0.2, 0.25) is 0 Å². The molecule has 37 heavy (non-hydrogen) atoms. The Kier molecular flexibility index (Phi) is 22.0. The van der Waals surface area contributed by atoms with E-state index in [-0.39, 0.29) is 19.8 Å². The van der Waals surface area contributed by atoms with E-state index in [4.69, 9.17) is 18.9 Å². The molecule has 0 rings (SSSR count). The van der Waals surface area contributed by atoms with Crippen LogP contribution in [0.3, 0.4) is 0 Å². The second-order valence-corrected chi connectivity index (χ2v) is 8.95. The van der Waals surface area contributed by atoms with Crippen LogP contribution in [-0.2, 0) is 18.9 Å². The van der Waals surface area contributed by atoms with Gasteiger partial charge >= 0.3 is 18.3 Å². The van der Waals surface area contributed by atoms with Gasteiger partial charge in [0.1, 0.15) is 13.2 Å². The molecule has 0 bridgehead atoms. The minimum Gasteiger partial charge on any atom is -0.502 e. The molecule has 0 fully saturated rings. The fourth-order valence-corrected chi connectivity index (χ4v) is 3.12. The van der Waals surface area contributed by atoms with E-state index in [0.29, 0.717) is 39.3 Å². The quantitative estimate of drug-likeness (QED) is 0.0870. The summed E-state index contributed by atoms with van der Waals surface area (Å²) < 4.78 is 20.6. The number of ether oxygens (including phenoxy) is 4. The summed E-state index contributed by atoms with van der Waals surface area (Å²) >= 11 is 0. The maximum atomic E-state index is 12.0. The predicted molar refractivity (Wildman–Crippen MR) is 141 cm³/mol. The largest absolute Gasteiger partial charge is 0.502 e. The maximum Gasteiger partial charge on any atom is 0.407 e. The molecule has 0 saturated heterocycles. The minimum atomic E-state index is -0.841. The Bertz CT molecular complexity index is 615. The molecule has 0 radical (unpaired) electrons. The highest BCUT2D eigenvalue weighted by Crippen LogP contribution is 2.22. The van der Waals surface area contributed by atoms with Crippen LogP contribution in [-0.4, -0.2) is 76.1 Å². The van der Waals surface area contributed by atoms with Gasteiger partial charge in [-0.05, 0) is 38.5 Å². The van der Waals surface area contributed by atoms with Crippen molar-refractivity contribution < 1.29 is 38.4 Å². The molecule has 0 aromatic rings. The number of unbranched alkanes of at least 4 members (excludes halogenated alkanes) is 6. The van der Waals surface area contributed by atoms with Crippen molar-refractivity contribution in [2.24, 2.45) is 5.41 Å². The second-order valence-electron chi connectivity index (χ2n) is 8.95. The molecule has 216 valence electrons. The number of alkyl carbamates (subject to hydrolysis) is 3. The first-order chi connectivity index (χ1) is 17.9. The lowest BCUT2D eigenvalue weighted by molar-refractivity contribution is -0.0118. The summed E-state index contributed by atoms with van der Waals surface area (Å²) in [6.07, 6.45) is 8.22. The van der Waals surface area contributed by atoms with E-state index in [1.807, 2.05) is 6.92 Å². The van der Waals surface area contributed by atoms with Crippen molar-refractivity contribution in [3.63, 3.8) is 0 Å². The summed E-state index contributed by atoms with van der Waals surface area (Å²) in [7, 11) is 0. The van der Waals surface area contributed by atoms with Crippen LogP contribution in [0.5, 0.6) is 0 Å². The maximum absolute atomic E-state index is 12.0. The van der Waals surface area contributed by atoms with E-state index in [2.05, 4.69) is 29.5 Å². The number of carbonyl (C=O) groups excluding carboxylic acids is 3. The average Bonchev–Trinajstić information content (AvgIpc) is 2.90.